The van der Waals surface area contributed by atoms with E-state index in [0.29, 0.717) is 6.61 Å². The fourth-order valence-electron chi connectivity index (χ4n) is 7.59. The van der Waals surface area contributed by atoms with Crippen molar-refractivity contribution in [2.75, 3.05) is 33.3 Å². The molecule has 0 unspecified atom stereocenters. The van der Waals surface area contributed by atoms with Crippen molar-refractivity contribution in [3.8, 4) is 0 Å². The molecule has 2 rings (SSSR count). The van der Waals surface area contributed by atoms with Gasteiger partial charge in [0.25, 0.3) is 0 Å². The lowest BCUT2D eigenvalue weighted by Gasteiger charge is -2.38. The smallest absolute Gasteiger partial charge is 0.164 e. The first kappa shape index (κ1) is 41.0. The van der Waals surface area contributed by atoms with E-state index in [1.165, 1.54) is 167 Å². The molecule has 0 amide bonds. The molecule has 0 aromatic carbocycles. The van der Waals surface area contributed by atoms with Crippen LogP contribution in [-0.2, 0) is 18.9 Å². The average Bonchev–Trinajstić information content (AvgIpc) is 3.50. The van der Waals surface area contributed by atoms with E-state index in [4.69, 9.17) is 18.9 Å². The summed E-state index contributed by atoms with van der Waals surface area (Å²) in [7, 11) is 2.48. The lowest BCUT2D eigenvalue weighted by Crippen LogP contribution is -2.54. The van der Waals surface area contributed by atoms with Crippen LogP contribution in [0.2, 0.25) is 0 Å². The molecule has 0 spiro atoms. The molecule has 268 valence electrons. The first-order chi connectivity index (χ1) is 21.6. The van der Waals surface area contributed by atoms with Crippen molar-refractivity contribution in [2.24, 2.45) is 0 Å². The van der Waals surface area contributed by atoms with E-state index < -0.39 is 11.6 Å². The highest BCUT2D eigenvalue weighted by molar-refractivity contribution is 4.90. The maximum absolute atomic E-state index is 6.59. The Hall–Kier alpha value is -0.200. The summed E-state index contributed by atoms with van der Waals surface area (Å²) in [6.07, 6.45) is 33.5. The van der Waals surface area contributed by atoms with Crippen molar-refractivity contribution in [3.63, 3.8) is 0 Å². The number of quaternary nitrogens is 1. The minimum absolute atomic E-state index is 0.0298. The average molecular weight is 639 g/mol. The van der Waals surface area contributed by atoms with Crippen LogP contribution < -0.4 is 0 Å². The van der Waals surface area contributed by atoms with Gasteiger partial charge in [0.1, 0.15) is 24.9 Å². The third-order valence-corrected chi connectivity index (χ3v) is 10.3. The van der Waals surface area contributed by atoms with E-state index >= 15 is 0 Å². The number of likely N-dealkylation sites (N-methyl/N-ethyl adjacent to an activating group) is 1. The molecule has 0 bridgehead atoms. The SMILES string of the molecule is CCCCCCCCCCCCCC[N+](C)(CCCCCCCCCCCCCC)C[C@H]1OC(C)(C)O[C@@H]1[C@H]1COC(C)(C)O1. The number of nitrogens with zero attached hydrogens (tertiary/aromatic N) is 1. The Morgan fingerprint density at radius 1 is 0.489 bits per heavy atom. The molecule has 2 aliphatic heterocycles. The summed E-state index contributed by atoms with van der Waals surface area (Å²) in [5.74, 6) is -1.13. The third kappa shape index (κ3) is 18.8. The highest BCUT2D eigenvalue weighted by atomic mass is 16.8. The fourth-order valence-corrected chi connectivity index (χ4v) is 7.59. The molecule has 2 fully saturated rings. The zero-order valence-electron chi connectivity index (χ0n) is 31.6. The number of hydrogen-bond donors (Lipinski definition) is 0. The lowest BCUT2D eigenvalue weighted by atomic mass is 10.0. The van der Waals surface area contributed by atoms with E-state index in [1.807, 2.05) is 13.8 Å². The zero-order chi connectivity index (χ0) is 32.9. The molecule has 5 nitrogen and oxygen atoms in total. The quantitative estimate of drug-likeness (QED) is 0.0603. The van der Waals surface area contributed by atoms with Gasteiger partial charge in [-0.3, -0.25) is 0 Å². The van der Waals surface area contributed by atoms with Crippen LogP contribution in [0.5, 0.6) is 0 Å². The van der Waals surface area contributed by atoms with Gasteiger partial charge in [-0.25, -0.2) is 0 Å². The predicted octanol–water partition coefficient (Wildman–Crippen LogP) is 11.5. The maximum Gasteiger partial charge on any atom is 0.164 e. The first-order valence-electron chi connectivity index (χ1n) is 20.1. The van der Waals surface area contributed by atoms with Crippen LogP contribution in [-0.4, -0.2) is 67.7 Å². The van der Waals surface area contributed by atoms with Gasteiger partial charge in [0, 0.05) is 0 Å². The minimum Gasteiger partial charge on any atom is -0.348 e. The number of hydrogen-bond acceptors (Lipinski definition) is 4. The Labute approximate surface area is 281 Å². The van der Waals surface area contributed by atoms with Crippen molar-refractivity contribution in [2.45, 2.75) is 226 Å². The molecular weight excluding hydrogens is 558 g/mol. The van der Waals surface area contributed by atoms with Crippen molar-refractivity contribution in [1.82, 2.24) is 0 Å². The van der Waals surface area contributed by atoms with Crippen LogP contribution in [0.25, 0.3) is 0 Å². The van der Waals surface area contributed by atoms with E-state index in [1.54, 1.807) is 0 Å². The van der Waals surface area contributed by atoms with Crippen LogP contribution in [0.1, 0.15) is 196 Å². The van der Waals surface area contributed by atoms with Crippen molar-refractivity contribution in [3.05, 3.63) is 0 Å². The fraction of sp³-hybridized carbons (Fsp3) is 1.00. The Morgan fingerprint density at radius 3 is 1.22 bits per heavy atom. The van der Waals surface area contributed by atoms with Crippen molar-refractivity contribution < 1.29 is 23.4 Å². The Kier molecular flexibility index (Phi) is 21.1. The summed E-state index contributed by atoms with van der Waals surface area (Å²) in [5.41, 5.74) is 0. The molecule has 2 aliphatic rings. The second-order valence-electron chi connectivity index (χ2n) is 16.0. The van der Waals surface area contributed by atoms with Crippen LogP contribution in [0.15, 0.2) is 0 Å². The van der Waals surface area contributed by atoms with Gasteiger partial charge in [0.15, 0.2) is 11.6 Å². The summed E-state index contributed by atoms with van der Waals surface area (Å²) in [6.45, 7) is 16.8. The molecule has 0 saturated carbocycles. The van der Waals surface area contributed by atoms with Gasteiger partial charge in [-0.1, -0.05) is 142 Å². The zero-order valence-corrected chi connectivity index (χ0v) is 31.6. The Morgan fingerprint density at radius 2 is 0.867 bits per heavy atom. The lowest BCUT2D eigenvalue weighted by molar-refractivity contribution is -0.913. The Bertz CT molecular complexity index is 682. The highest BCUT2D eigenvalue weighted by Gasteiger charge is 2.51. The van der Waals surface area contributed by atoms with Crippen molar-refractivity contribution >= 4 is 0 Å². The molecule has 3 atom stereocenters. The van der Waals surface area contributed by atoms with Crippen LogP contribution in [0.3, 0.4) is 0 Å². The molecule has 45 heavy (non-hydrogen) atoms. The minimum atomic E-state index is -0.581. The summed E-state index contributed by atoms with van der Waals surface area (Å²) in [5, 5.41) is 0. The first-order valence-corrected chi connectivity index (χ1v) is 20.1. The molecule has 0 aliphatic carbocycles. The maximum atomic E-state index is 6.59. The molecule has 2 heterocycles. The van der Waals surface area contributed by atoms with E-state index in [-0.39, 0.29) is 18.3 Å². The van der Waals surface area contributed by atoms with Gasteiger partial charge >= 0.3 is 0 Å². The number of unbranched alkanes of at least 4 members (excludes halogenated alkanes) is 22. The van der Waals surface area contributed by atoms with Gasteiger partial charge in [0.2, 0.25) is 0 Å². The van der Waals surface area contributed by atoms with Gasteiger partial charge in [-0.05, 0) is 53.4 Å². The van der Waals surface area contributed by atoms with E-state index in [2.05, 4.69) is 34.7 Å². The summed E-state index contributed by atoms with van der Waals surface area (Å²) in [4.78, 5) is 0. The molecule has 2 saturated heterocycles. The van der Waals surface area contributed by atoms with Gasteiger partial charge < -0.3 is 23.4 Å². The standard InChI is InChI=1S/C40H80NO4/c1-8-10-12-14-16-18-20-22-24-26-28-30-32-41(7,33-31-29-27-25-23-21-19-17-15-13-11-9-2)34-36-38(45-40(5,6)43-36)37-35-42-39(3,4)44-37/h36-38H,8-35H2,1-7H3/q+1/t36-,37-,38+/m1/s1. The molecule has 0 aromatic rings. The van der Waals surface area contributed by atoms with Crippen LogP contribution in [0, 0.1) is 0 Å². The van der Waals surface area contributed by atoms with E-state index in [9.17, 15) is 0 Å². The molecule has 0 aromatic heterocycles. The third-order valence-electron chi connectivity index (χ3n) is 10.3. The molecule has 0 N–H and O–H groups in total. The monoisotopic (exact) mass is 639 g/mol. The molecular formula is C40H80NO4+. The highest BCUT2D eigenvalue weighted by Crippen LogP contribution is 2.36. The number of ether oxygens (including phenoxy) is 4. The van der Waals surface area contributed by atoms with Gasteiger partial charge in [0.05, 0.1) is 26.7 Å². The second-order valence-corrected chi connectivity index (χ2v) is 16.0. The second kappa shape index (κ2) is 23.2. The van der Waals surface area contributed by atoms with Crippen LogP contribution in [0.4, 0.5) is 0 Å². The summed E-state index contributed by atoms with van der Waals surface area (Å²) >= 11 is 0. The Balaban J connectivity index is 1.77. The van der Waals surface area contributed by atoms with Crippen molar-refractivity contribution in [1.29, 1.82) is 0 Å². The van der Waals surface area contributed by atoms with Gasteiger partial charge in [-0.2, -0.15) is 0 Å². The van der Waals surface area contributed by atoms with Crippen LogP contribution >= 0.6 is 0 Å². The largest absolute Gasteiger partial charge is 0.348 e. The molecule has 5 heteroatoms. The summed E-state index contributed by atoms with van der Waals surface area (Å²) < 4.78 is 26.4. The van der Waals surface area contributed by atoms with E-state index in [0.717, 1.165) is 11.0 Å². The topological polar surface area (TPSA) is 36.9 Å². The number of rotatable bonds is 29. The van der Waals surface area contributed by atoms with Gasteiger partial charge in [-0.15, -0.1) is 0 Å². The normalized spacial score (nSPS) is 22.9. The summed E-state index contributed by atoms with van der Waals surface area (Å²) in [6, 6.07) is 0. The molecule has 0 radical (unpaired) electrons. The predicted molar refractivity (Wildman–Crippen MR) is 192 cm³/mol.